The van der Waals surface area contributed by atoms with Crippen molar-refractivity contribution in [2.75, 3.05) is 31.6 Å². The van der Waals surface area contributed by atoms with E-state index in [0.717, 1.165) is 31.5 Å². The van der Waals surface area contributed by atoms with E-state index in [4.69, 9.17) is 0 Å². The average molecular weight is 434 g/mol. The zero-order chi connectivity index (χ0) is 21.7. The fourth-order valence-corrected chi connectivity index (χ4v) is 5.60. The molecule has 2 aliphatic heterocycles. The highest BCUT2D eigenvalue weighted by Crippen LogP contribution is 2.23. The van der Waals surface area contributed by atoms with E-state index < -0.39 is 9.84 Å². The van der Waals surface area contributed by atoms with Gasteiger partial charge in [0.05, 0.1) is 22.8 Å². The van der Waals surface area contributed by atoms with Crippen LogP contribution in [0.15, 0.2) is 29.2 Å². The second-order valence-electron chi connectivity index (χ2n) is 8.06. The van der Waals surface area contributed by atoms with Gasteiger partial charge in [-0.1, -0.05) is 6.92 Å². The fourth-order valence-electron chi connectivity index (χ4n) is 3.93. The van der Waals surface area contributed by atoms with E-state index in [1.165, 1.54) is 0 Å². The topological polar surface area (TPSA) is 106 Å². The number of rotatable bonds is 8. The van der Waals surface area contributed by atoms with Gasteiger partial charge in [0.1, 0.15) is 6.04 Å². The van der Waals surface area contributed by atoms with E-state index in [9.17, 15) is 18.5 Å². The molecular weight excluding hydrogens is 402 g/mol. The number of benzene rings is 1. The van der Waals surface area contributed by atoms with E-state index in [-0.39, 0.29) is 29.8 Å². The van der Waals surface area contributed by atoms with Crippen LogP contribution in [0, 0.1) is 11.3 Å². The number of carbonyl (C=O) groups is 1. The molecule has 2 heterocycles. The van der Waals surface area contributed by atoms with Gasteiger partial charge >= 0.3 is 0 Å². The number of sulfone groups is 1. The molecule has 9 heteroatoms. The molecule has 0 saturated carbocycles. The number of hydrazine groups is 1. The molecule has 0 bridgehead atoms. The molecule has 0 aliphatic carbocycles. The first-order valence-corrected chi connectivity index (χ1v) is 12.2. The predicted octanol–water partition coefficient (Wildman–Crippen LogP) is 1.76. The number of likely N-dealkylation sites (tertiary alicyclic amines) is 1. The van der Waals surface area contributed by atoms with Crippen LogP contribution in [-0.4, -0.2) is 67.7 Å². The molecule has 0 radical (unpaired) electrons. The summed E-state index contributed by atoms with van der Waals surface area (Å²) < 4.78 is 25.5. The van der Waals surface area contributed by atoms with Crippen molar-refractivity contribution >= 4 is 21.4 Å². The monoisotopic (exact) mass is 433 g/mol. The standard InChI is InChI=1S/C21H31N5O3S/c1-3-16(2)26(15-21(27)25-12-4-5-18(25)13-22)24-17-6-8-19(9-7-17)30(28,29)20-10-11-23-14-20/h6-9,16,18,20,23-24H,3-5,10-12,14-15H2,1-2H3/t16-,18?,20-/m0/s1. The Morgan fingerprint density at radius 1 is 1.37 bits per heavy atom. The number of hydrogen-bond donors (Lipinski definition) is 2. The van der Waals surface area contributed by atoms with E-state index in [2.05, 4.69) is 16.8 Å². The number of nitrogens with one attached hydrogen (secondary N) is 2. The zero-order valence-electron chi connectivity index (χ0n) is 17.7. The molecular formula is C21H31N5O3S. The Morgan fingerprint density at radius 3 is 2.70 bits per heavy atom. The summed E-state index contributed by atoms with van der Waals surface area (Å²) in [6, 6.07) is 8.68. The summed E-state index contributed by atoms with van der Waals surface area (Å²) in [5.41, 5.74) is 3.99. The molecule has 164 valence electrons. The summed E-state index contributed by atoms with van der Waals surface area (Å²) >= 11 is 0. The average Bonchev–Trinajstić information content (AvgIpc) is 3.45. The Morgan fingerprint density at radius 2 is 2.10 bits per heavy atom. The van der Waals surface area contributed by atoms with Crippen molar-refractivity contribution in [1.29, 1.82) is 5.26 Å². The highest BCUT2D eigenvalue weighted by Gasteiger charge is 2.31. The van der Waals surface area contributed by atoms with Gasteiger partial charge in [0, 0.05) is 24.8 Å². The van der Waals surface area contributed by atoms with E-state index in [1.54, 1.807) is 29.2 Å². The smallest absolute Gasteiger partial charge is 0.239 e. The first kappa shape index (κ1) is 22.5. The van der Waals surface area contributed by atoms with Crippen LogP contribution in [0.2, 0.25) is 0 Å². The minimum absolute atomic E-state index is 0.0696. The highest BCUT2D eigenvalue weighted by molar-refractivity contribution is 7.92. The van der Waals surface area contributed by atoms with Crippen molar-refractivity contribution in [3.05, 3.63) is 24.3 Å². The molecule has 3 rings (SSSR count). The van der Waals surface area contributed by atoms with Gasteiger partial charge in [-0.25, -0.2) is 13.4 Å². The second-order valence-corrected chi connectivity index (χ2v) is 10.3. The van der Waals surface area contributed by atoms with Gasteiger partial charge in [0.2, 0.25) is 5.91 Å². The van der Waals surface area contributed by atoms with Gasteiger partial charge in [0.25, 0.3) is 0 Å². The predicted molar refractivity (Wildman–Crippen MR) is 115 cm³/mol. The molecule has 2 saturated heterocycles. The lowest BCUT2D eigenvalue weighted by atomic mass is 10.2. The third kappa shape index (κ3) is 4.94. The van der Waals surface area contributed by atoms with E-state index >= 15 is 0 Å². The van der Waals surface area contributed by atoms with Crippen LogP contribution >= 0.6 is 0 Å². The molecule has 1 amide bonds. The van der Waals surface area contributed by atoms with Crippen LogP contribution in [0.3, 0.4) is 0 Å². The summed E-state index contributed by atoms with van der Waals surface area (Å²) in [5.74, 6) is -0.0696. The van der Waals surface area contributed by atoms with Crippen molar-refractivity contribution in [1.82, 2.24) is 15.2 Å². The SMILES string of the molecule is CC[C@H](C)N(CC(=O)N1CCCC1C#N)Nc1ccc(S(=O)(=O)[C@H]2CCNC2)cc1. The van der Waals surface area contributed by atoms with Crippen LogP contribution in [-0.2, 0) is 14.6 Å². The van der Waals surface area contributed by atoms with E-state index in [0.29, 0.717) is 24.4 Å². The van der Waals surface area contributed by atoms with Gasteiger partial charge in [-0.3, -0.25) is 4.79 Å². The Labute approximate surface area is 179 Å². The quantitative estimate of drug-likeness (QED) is 0.602. The number of nitriles is 1. The third-order valence-corrected chi connectivity index (χ3v) is 8.27. The van der Waals surface area contributed by atoms with Crippen molar-refractivity contribution in [3.8, 4) is 6.07 Å². The Bertz CT molecular complexity index is 875. The Balaban J connectivity index is 1.69. The summed E-state index contributed by atoms with van der Waals surface area (Å²) in [6.07, 6.45) is 3.05. The summed E-state index contributed by atoms with van der Waals surface area (Å²) in [6.45, 7) is 6.06. The van der Waals surface area contributed by atoms with Crippen molar-refractivity contribution in [2.45, 2.75) is 61.8 Å². The first-order chi connectivity index (χ1) is 14.4. The lowest BCUT2D eigenvalue weighted by Gasteiger charge is -2.31. The third-order valence-electron chi connectivity index (χ3n) is 6.06. The second kappa shape index (κ2) is 9.77. The van der Waals surface area contributed by atoms with Crippen LogP contribution in [0.1, 0.15) is 39.5 Å². The van der Waals surface area contributed by atoms with Gasteiger partial charge in [-0.05, 0) is 63.4 Å². The Hall–Kier alpha value is -2.15. The minimum Gasteiger partial charge on any atom is -0.325 e. The van der Waals surface area contributed by atoms with Crippen molar-refractivity contribution in [2.24, 2.45) is 0 Å². The lowest BCUT2D eigenvalue weighted by Crippen LogP contribution is -2.47. The van der Waals surface area contributed by atoms with Crippen molar-refractivity contribution in [3.63, 3.8) is 0 Å². The lowest BCUT2D eigenvalue weighted by molar-refractivity contribution is -0.132. The summed E-state index contributed by atoms with van der Waals surface area (Å²) in [5, 5.41) is 13.8. The molecule has 30 heavy (non-hydrogen) atoms. The number of amides is 1. The van der Waals surface area contributed by atoms with Crippen molar-refractivity contribution < 1.29 is 13.2 Å². The van der Waals surface area contributed by atoms with Crippen LogP contribution in [0.4, 0.5) is 5.69 Å². The molecule has 0 aromatic heterocycles. The summed E-state index contributed by atoms with van der Waals surface area (Å²) in [7, 11) is -3.34. The maximum atomic E-state index is 12.8. The maximum absolute atomic E-state index is 12.8. The number of anilines is 1. The molecule has 2 N–H and O–H groups in total. The molecule has 2 fully saturated rings. The zero-order valence-corrected chi connectivity index (χ0v) is 18.5. The molecule has 2 aliphatic rings. The molecule has 8 nitrogen and oxygen atoms in total. The molecule has 0 spiro atoms. The highest BCUT2D eigenvalue weighted by atomic mass is 32.2. The molecule has 1 aromatic rings. The first-order valence-electron chi connectivity index (χ1n) is 10.6. The maximum Gasteiger partial charge on any atom is 0.239 e. The number of carbonyl (C=O) groups excluding carboxylic acids is 1. The van der Waals surface area contributed by atoms with Crippen LogP contribution in [0.5, 0.6) is 0 Å². The molecule has 1 aromatic carbocycles. The minimum atomic E-state index is -3.34. The van der Waals surface area contributed by atoms with E-state index in [1.807, 2.05) is 18.9 Å². The number of nitrogens with zero attached hydrogens (tertiary/aromatic N) is 3. The van der Waals surface area contributed by atoms with Gasteiger partial charge in [-0.15, -0.1) is 0 Å². The normalized spacial score (nSPS) is 22.8. The van der Waals surface area contributed by atoms with Crippen LogP contribution < -0.4 is 10.7 Å². The van der Waals surface area contributed by atoms with Gasteiger partial charge in [-0.2, -0.15) is 5.26 Å². The summed E-state index contributed by atoms with van der Waals surface area (Å²) in [4.78, 5) is 14.8. The molecule has 3 atom stereocenters. The molecule has 1 unspecified atom stereocenters. The fraction of sp³-hybridized carbons (Fsp3) is 0.619. The number of hydrogen-bond acceptors (Lipinski definition) is 7. The van der Waals surface area contributed by atoms with Gasteiger partial charge in [0.15, 0.2) is 9.84 Å². The largest absolute Gasteiger partial charge is 0.325 e. The Kier molecular flexibility index (Phi) is 7.34. The van der Waals surface area contributed by atoms with Gasteiger partial charge < -0.3 is 15.6 Å². The van der Waals surface area contributed by atoms with Crippen LogP contribution in [0.25, 0.3) is 0 Å².